The number of likely N-dealkylation sites (N-methyl/N-ethyl adjacent to an activating group) is 1. The van der Waals surface area contributed by atoms with Gasteiger partial charge in [0, 0.05) is 44.3 Å². The van der Waals surface area contributed by atoms with Crippen LogP contribution in [0.1, 0.15) is 10.4 Å². The molecule has 2 N–H and O–H groups in total. The topological polar surface area (TPSA) is 73.2 Å². The van der Waals surface area contributed by atoms with Gasteiger partial charge in [-0.3, -0.25) is 4.79 Å². The summed E-state index contributed by atoms with van der Waals surface area (Å²) in [6.45, 7) is -0.864. The molecular formula is C17H24F2N2O4. The van der Waals surface area contributed by atoms with Gasteiger partial charge in [-0.25, -0.2) is 0 Å². The van der Waals surface area contributed by atoms with E-state index in [4.69, 9.17) is 5.11 Å². The second-order valence-electron chi connectivity index (χ2n) is 6.31. The van der Waals surface area contributed by atoms with E-state index in [2.05, 4.69) is 4.74 Å². The average molecular weight is 358 g/mol. The molecule has 1 aliphatic heterocycles. The first-order chi connectivity index (χ1) is 11.9. The molecule has 0 saturated carbocycles. The van der Waals surface area contributed by atoms with Crippen LogP contribution in [0.5, 0.6) is 5.75 Å². The molecule has 6 nitrogen and oxygen atoms in total. The van der Waals surface area contributed by atoms with Crippen LogP contribution in [0.15, 0.2) is 24.3 Å². The monoisotopic (exact) mass is 358 g/mol. The maximum Gasteiger partial charge on any atom is 0.387 e. The number of aliphatic hydroxyl groups excluding tert-OH is 2. The molecule has 8 heteroatoms. The van der Waals surface area contributed by atoms with Crippen LogP contribution in [0, 0.1) is 11.8 Å². The van der Waals surface area contributed by atoms with Crippen molar-refractivity contribution in [3.05, 3.63) is 29.8 Å². The standard InChI is InChI=1S/C17H24F2N2O4/c1-20(5-6-22)8-13-9-21(10-14(13)11-23)16(24)12-3-2-4-15(7-12)25-17(18)19/h2-4,7,13-14,17,22-23H,5-6,8-11H2,1H3/t13-,14-/m1/s1. The van der Waals surface area contributed by atoms with Gasteiger partial charge >= 0.3 is 6.61 Å². The van der Waals surface area contributed by atoms with Crippen LogP contribution >= 0.6 is 0 Å². The number of rotatable bonds is 8. The zero-order chi connectivity index (χ0) is 18.4. The van der Waals surface area contributed by atoms with Gasteiger partial charge in [-0.1, -0.05) is 6.07 Å². The maximum atomic E-state index is 12.7. The van der Waals surface area contributed by atoms with Crippen molar-refractivity contribution in [2.45, 2.75) is 6.61 Å². The van der Waals surface area contributed by atoms with Crippen molar-refractivity contribution in [3.8, 4) is 5.75 Å². The number of nitrogens with zero attached hydrogens (tertiary/aromatic N) is 2. The summed E-state index contributed by atoms with van der Waals surface area (Å²) in [6, 6.07) is 5.72. The summed E-state index contributed by atoms with van der Waals surface area (Å²) in [4.78, 5) is 16.2. The number of benzene rings is 1. The molecule has 1 fully saturated rings. The number of likely N-dealkylation sites (tertiary alicyclic amines) is 1. The summed E-state index contributed by atoms with van der Waals surface area (Å²) in [5, 5.41) is 18.6. The van der Waals surface area contributed by atoms with Crippen LogP contribution in [-0.4, -0.2) is 79.0 Å². The average Bonchev–Trinajstić information content (AvgIpc) is 2.96. The molecule has 140 valence electrons. The Morgan fingerprint density at radius 1 is 1.36 bits per heavy atom. The number of amides is 1. The lowest BCUT2D eigenvalue weighted by molar-refractivity contribution is -0.0499. The van der Waals surface area contributed by atoms with Crippen LogP contribution in [0.3, 0.4) is 0 Å². The molecule has 0 aliphatic carbocycles. The van der Waals surface area contributed by atoms with E-state index in [1.54, 1.807) is 11.0 Å². The van der Waals surface area contributed by atoms with Gasteiger partial charge in [0.15, 0.2) is 0 Å². The van der Waals surface area contributed by atoms with Crippen molar-refractivity contribution < 1.29 is 28.5 Å². The number of hydrogen-bond donors (Lipinski definition) is 2. The molecule has 0 aromatic heterocycles. The quantitative estimate of drug-likeness (QED) is 0.722. The highest BCUT2D eigenvalue weighted by atomic mass is 19.3. The Morgan fingerprint density at radius 2 is 2.08 bits per heavy atom. The zero-order valence-corrected chi connectivity index (χ0v) is 14.1. The molecule has 2 atom stereocenters. The maximum absolute atomic E-state index is 12.7. The fraction of sp³-hybridized carbons (Fsp3) is 0.588. The smallest absolute Gasteiger partial charge is 0.387 e. The number of ether oxygens (including phenoxy) is 1. The zero-order valence-electron chi connectivity index (χ0n) is 14.1. The Balaban J connectivity index is 2.04. The van der Waals surface area contributed by atoms with Crippen LogP contribution in [0.2, 0.25) is 0 Å². The van der Waals surface area contributed by atoms with Crippen LogP contribution in [-0.2, 0) is 0 Å². The lowest BCUT2D eigenvalue weighted by Gasteiger charge is -2.23. The van der Waals surface area contributed by atoms with Crippen molar-refractivity contribution in [1.29, 1.82) is 0 Å². The summed E-state index contributed by atoms with van der Waals surface area (Å²) < 4.78 is 29.0. The molecule has 2 rings (SSSR count). The van der Waals surface area contributed by atoms with E-state index in [9.17, 15) is 18.7 Å². The van der Waals surface area contributed by atoms with Crippen molar-refractivity contribution in [2.24, 2.45) is 11.8 Å². The van der Waals surface area contributed by atoms with E-state index in [0.717, 1.165) is 0 Å². The Bertz CT molecular complexity index is 573. The molecule has 0 unspecified atom stereocenters. The predicted octanol–water partition coefficient (Wildman–Crippen LogP) is 0.893. The third-order valence-electron chi connectivity index (χ3n) is 4.43. The highest BCUT2D eigenvalue weighted by Gasteiger charge is 2.35. The number of aliphatic hydroxyl groups is 2. The number of hydrogen-bond acceptors (Lipinski definition) is 5. The van der Waals surface area contributed by atoms with Gasteiger partial charge in [0.25, 0.3) is 5.91 Å². The molecule has 0 spiro atoms. The summed E-state index contributed by atoms with van der Waals surface area (Å²) in [6.07, 6.45) is 0. The normalized spacial score (nSPS) is 20.5. The second kappa shape index (κ2) is 9.07. The highest BCUT2D eigenvalue weighted by Crippen LogP contribution is 2.26. The fourth-order valence-electron chi connectivity index (χ4n) is 3.17. The molecule has 0 radical (unpaired) electrons. The first kappa shape index (κ1) is 19.6. The van der Waals surface area contributed by atoms with Gasteiger partial charge in [0.2, 0.25) is 0 Å². The minimum Gasteiger partial charge on any atom is -0.435 e. The van der Waals surface area contributed by atoms with Crippen LogP contribution in [0.25, 0.3) is 0 Å². The molecular weight excluding hydrogens is 334 g/mol. The third-order valence-corrected chi connectivity index (χ3v) is 4.43. The van der Waals surface area contributed by atoms with E-state index in [1.165, 1.54) is 18.2 Å². The SMILES string of the molecule is CN(CCO)C[C@@H]1CN(C(=O)c2cccc(OC(F)F)c2)C[C@@H]1CO. The predicted molar refractivity (Wildman–Crippen MR) is 87.6 cm³/mol. The first-order valence-electron chi connectivity index (χ1n) is 8.19. The first-order valence-corrected chi connectivity index (χ1v) is 8.19. The lowest BCUT2D eigenvalue weighted by Crippen LogP contribution is -2.33. The van der Waals surface area contributed by atoms with Gasteiger partial charge < -0.3 is 24.7 Å². The number of carbonyl (C=O) groups is 1. The molecule has 1 aromatic rings. The van der Waals surface area contributed by atoms with E-state index in [1.807, 2.05) is 11.9 Å². The summed E-state index contributed by atoms with van der Waals surface area (Å²) in [5.74, 6) is -0.292. The third kappa shape index (κ3) is 5.35. The van der Waals surface area contributed by atoms with Crippen molar-refractivity contribution in [1.82, 2.24) is 9.80 Å². The Hall–Kier alpha value is -1.77. The fourth-order valence-corrected chi connectivity index (χ4v) is 3.17. The number of halogens is 2. The second-order valence-corrected chi connectivity index (χ2v) is 6.31. The van der Waals surface area contributed by atoms with Gasteiger partial charge in [-0.05, 0) is 31.2 Å². The number of carbonyl (C=O) groups excluding carboxylic acids is 1. The van der Waals surface area contributed by atoms with Crippen LogP contribution < -0.4 is 4.74 Å². The Labute approximate surface area is 145 Å². The lowest BCUT2D eigenvalue weighted by atomic mass is 9.96. The molecule has 1 heterocycles. The van der Waals surface area contributed by atoms with E-state index < -0.39 is 6.61 Å². The Morgan fingerprint density at radius 3 is 2.72 bits per heavy atom. The largest absolute Gasteiger partial charge is 0.435 e. The molecule has 0 bridgehead atoms. The minimum atomic E-state index is -2.94. The minimum absolute atomic E-state index is 0.0318. The Kier molecular flexibility index (Phi) is 7.10. The van der Waals surface area contributed by atoms with Crippen molar-refractivity contribution in [2.75, 3.05) is 46.4 Å². The molecule has 1 saturated heterocycles. The van der Waals surface area contributed by atoms with Crippen molar-refractivity contribution >= 4 is 5.91 Å². The van der Waals surface area contributed by atoms with Gasteiger partial charge in [0.1, 0.15) is 5.75 Å². The molecule has 1 aromatic carbocycles. The van der Waals surface area contributed by atoms with E-state index >= 15 is 0 Å². The van der Waals surface area contributed by atoms with Gasteiger partial charge in [-0.15, -0.1) is 0 Å². The molecule has 1 amide bonds. The van der Waals surface area contributed by atoms with E-state index in [-0.39, 0.29) is 42.3 Å². The summed E-state index contributed by atoms with van der Waals surface area (Å²) >= 11 is 0. The molecule has 1 aliphatic rings. The summed E-state index contributed by atoms with van der Waals surface area (Å²) in [5.41, 5.74) is 0.277. The number of alkyl halides is 2. The van der Waals surface area contributed by atoms with Gasteiger partial charge in [0.05, 0.1) is 6.61 Å². The van der Waals surface area contributed by atoms with Gasteiger partial charge in [-0.2, -0.15) is 8.78 Å². The molecule has 25 heavy (non-hydrogen) atoms. The highest BCUT2D eigenvalue weighted by molar-refractivity contribution is 5.94. The van der Waals surface area contributed by atoms with Crippen LogP contribution in [0.4, 0.5) is 8.78 Å². The van der Waals surface area contributed by atoms with Crippen molar-refractivity contribution in [3.63, 3.8) is 0 Å². The summed E-state index contributed by atoms with van der Waals surface area (Å²) in [7, 11) is 1.88. The van der Waals surface area contributed by atoms with E-state index in [0.29, 0.717) is 26.2 Å².